The van der Waals surface area contributed by atoms with E-state index in [9.17, 15) is 19.8 Å². The molecule has 0 spiro atoms. The topological polar surface area (TPSA) is 120 Å². The number of piperidine rings is 2. The molecule has 5 heterocycles. The highest BCUT2D eigenvalue weighted by Crippen LogP contribution is 2.53. The first kappa shape index (κ1) is 22.0. The zero-order chi connectivity index (χ0) is 23.8. The predicted molar refractivity (Wildman–Crippen MR) is 122 cm³/mol. The molecule has 1 amide bonds. The first-order valence-electron chi connectivity index (χ1n) is 11.1. The van der Waals surface area contributed by atoms with Gasteiger partial charge in [-0.25, -0.2) is 4.79 Å². The van der Waals surface area contributed by atoms with Gasteiger partial charge in [0.1, 0.15) is 5.54 Å². The number of carbonyl (C=O) groups is 2. The van der Waals surface area contributed by atoms with Gasteiger partial charge in [0.2, 0.25) is 0 Å². The van der Waals surface area contributed by atoms with Crippen LogP contribution in [0.1, 0.15) is 23.5 Å². The van der Waals surface area contributed by atoms with Gasteiger partial charge < -0.3 is 10.2 Å². The fraction of sp³-hybridized carbons (Fsp3) is 0.320. The van der Waals surface area contributed by atoms with Crippen molar-refractivity contribution in [2.45, 2.75) is 18.5 Å². The van der Waals surface area contributed by atoms with Crippen LogP contribution < -0.4 is 0 Å². The number of amides is 1. The molecule has 2 unspecified atom stereocenters. The van der Waals surface area contributed by atoms with Crippen molar-refractivity contribution in [1.29, 1.82) is 0 Å². The number of nitrogens with zero attached hydrogens (tertiary/aromatic N) is 5. The number of rotatable bonds is 5. The van der Waals surface area contributed by atoms with Crippen LogP contribution >= 0.6 is 0 Å². The van der Waals surface area contributed by atoms with Gasteiger partial charge in [0.25, 0.3) is 0 Å². The molecule has 174 valence electrons. The Labute approximate surface area is 196 Å². The largest absolute Gasteiger partial charge is 0.481 e. The van der Waals surface area contributed by atoms with Crippen LogP contribution in [0.15, 0.2) is 73.2 Å². The van der Waals surface area contributed by atoms with Crippen LogP contribution in [-0.2, 0) is 16.9 Å². The number of fused-ring (bicyclic) bond motifs is 2. The fourth-order valence-corrected chi connectivity index (χ4v) is 5.73. The summed E-state index contributed by atoms with van der Waals surface area (Å²) in [5, 5.41) is 20.7. The Morgan fingerprint density at radius 2 is 1.50 bits per heavy atom. The molecule has 0 radical (unpaired) electrons. The van der Waals surface area contributed by atoms with Gasteiger partial charge in [-0.3, -0.25) is 29.5 Å². The predicted octanol–water partition coefficient (Wildman–Crippen LogP) is 2.70. The molecule has 0 aliphatic carbocycles. The van der Waals surface area contributed by atoms with Crippen LogP contribution in [0.5, 0.6) is 0 Å². The van der Waals surface area contributed by atoms with Gasteiger partial charge in [-0.1, -0.05) is 18.2 Å². The second-order valence-electron chi connectivity index (χ2n) is 9.04. The molecule has 2 N–H and O–H groups in total. The average Bonchev–Trinajstić information content (AvgIpc) is 2.85. The van der Waals surface area contributed by atoms with E-state index in [-0.39, 0.29) is 13.1 Å². The van der Waals surface area contributed by atoms with Crippen LogP contribution in [0.25, 0.3) is 0 Å². The van der Waals surface area contributed by atoms with Crippen LogP contribution in [0.2, 0.25) is 0 Å². The summed E-state index contributed by atoms with van der Waals surface area (Å²) in [6, 6.07) is 16.4. The lowest BCUT2D eigenvalue weighted by Crippen LogP contribution is -2.70. The smallest absolute Gasteiger partial charge is 0.408 e. The zero-order valence-corrected chi connectivity index (χ0v) is 18.5. The van der Waals surface area contributed by atoms with Gasteiger partial charge in [-0.2, -0.15) is 0 Å². The van der Waals surface area contributed by atoms with Gasteiger partial charge in [-0.05, 0) is 42.8 Å². The fourth-order valence-electron chi connectivity index (χ4n) is 5.73. The quantitative estimate of drug-likeness (QED) is 0.598. The molecule has 5 rings (SSSR count). The highest BCUT2D eigenvalue weighted by Gasteiger charge is 2.63. The van der Waals surface area contributed by atoms with E-state index in [0.29, 0.717) is 30.9 Å². The molecule has 9 heteroatoms. The third-order valence-electron chi connectivity index (χ3n) is 7.03. The number of pyridine rings is 3. The molecule has 2 saturated heterocycles. The molecule has 2 bridgehead atoms. The number of aliphatic carboxylic acids is 1. The van der Waals surface area contributed by atoms with Gasteiger partial charge in [0, 0.05) is 50.7 Å². The van der Waals surface area contributed by atoms with E-state index >= 15 is 0 Å². The summed E-state index contributed by atoms with van der Waals surface area (Å²) < 4.78 is 0. The molecular weight excluding hydrogens is 434 g/mol. The lowest BCUT2D eigenvalue weighted by Gasteiger charge is -2.59. The molecule has 2 fully saturated rings. The van der Waals surface area contributed by atoms with E-state index in [1.54, 1.807) is 42.9 Å². The standard InChI is InChI=1S/C25H25N5O4/c31-22(32)24-13-18(14-29(16-24)15-19-7-1-4-10-26-19)25(30(17-24)23(33)34,20-8-2-5-11-27-20)21-9-3-6-12-28-21/h1-12,18H,13-17H2,(H,31,32)(H,33,34). The lowest BCUT2D eigenvalue weighted by molar-refractivity contribution is -0.168. The summed E-state index contributed by atoms with van der Waals surface area (Å²) in [5.74, 6) is -1.39. The van der Waals surface area contributed by atoms with Crippen molar-refractivity contribution in [3.63, 3.8) is 0 Å². The molecule has 3 aromatic heterocycles. The minimum absolute atomic E-state index is 0.167. The maximum Gasteiger partial charge on any atom is 0.408 e. The SMILES string of the molecule is O=C(O)N1CC2(C(=O)O)CC(CN(Cc3ccccn3)C2)C1(c1ccccn1)c1ccccn1. The Balaban J connectivity index is 1.69. The van der Waals surface area contributed by atoms with Crippen molar-refractivity contribution < 1.29 is 19.8 Å². The molecule has 2 aliphatic heterocycles. The van der Waals surface area contributed by atoms with E-state index in [1.165, 1.54) is 4.90 Å². The highest BCUT2D eigenvalue weighted by molar-refractivity contribution is 5.78. The van der Waals surface area contributed by atoms with E-state index in [2.05, 4.69) is 19.9 Å². The van der Waals surface area contributed by atoms with E-state index in [0.717, 1.165) is 5.69 Å². The summed E-state index contributed by atoms with van der Waals surface area (Å²) >= 11 is 0. The number of carboxylic acids is 1. The van der Waals surface area contributed by atoms with Gasteiger partial charge in [0.15, 0.2) is 0 Å². The van der Waals surface area contributed by atoms with E-state index in [4.69, 9.17) is 0 Å². The first-order valence-corrected chi connectivity index (χ1v) is 11.1. The normalized spacial score (nSPS) is 23.9. The molecule has 2 atom stereocenters. The lowest BCUT2D eigenvalue weighted by atomic mass is 9.61. The Bertz CT molecular complexity index is 1140. The van der Waals surface area contributed by atoms with E-state index < -0.39 is 28.9 Å². The second-order valence-corrected chi connectivity index (χ2v) is 9.04. The number of likely N-dealkylation sites (tertiary alicyclic amines) is 2. The third kappa shape index (κ3) is 3.49. The first-order chi connectivity index (χ1) is 16.5. The van der Waals surface area contributed by atoms with Crippen molar-refractivity contribution >= 4 is 12.1 Å². The highest BCUT2D eigenvalue weighted by atomic mass is 16.4. The zero-order valence-electron chi connectivity index (χ0n) is 18.5. The van der Waals surface area contributed by atoms with Crippen molar-refractivity contribution in [2.24, 2.45) is 11.3 Å². The van der Waals surface area contributed by atoms with E-state index in [1.807, 2.05) is 30.3 Å². The minimum atomic E-state index is -1.25. The van der Waals surface area contributed by atoms with Crippen LogP contribution in [-0.4, -0.2) is 66.7 Å². The Kier molecular flexibility index (Phi) is 5.49. The number of carboxylic acid groups (broad SMARTS) is 2. The summed E-state index contributed by atoms with van der Waals surface area (Å²) in [7, 11) is 0. The molecule has 9 nitrogen and oxygen atoms in total. The molecular formula is C25H25N5O4. The monoisotopic (exact) mass is 459 g/mol. The summed E-state index contributed by atoms with van der Waals surface area (Å²) in [6.07, 6.45) is 4.11. The Morgan fingerprint density at radius 3 is 2.00 bits per heavy atom. The molecule has 0 aromatic carbocycles. The second kappa shape index (κ2) is 8.49. The van der Waals surface area contributed by atoms with Crippen LogP contribution in [0.3, 0.4) is 0 Å². The van der Waals surface area contributed by atoms with Gasteiger partial charge in [0.05, 0.1) is 22.5 Å². The van der Waals surface area contributed by atoms with Crippen LogP contribution in [0.4, 0.5) is 4.79 Å². The summed E-state index contributed by atoms with van der Waals surface area (Å²) in [4.78, 5) is 42.3. The maximum absolute atomic E-state index is 12.7. The molecule has 2 aliphatic rings. The number of aromatic nitrogens is 3. The minimum Gasteiger partial charge on any atom is -0.481 e. The molecule has 0 saturated carbocycles. The number of hydrogen-bond donors (Lipinski definition) is 2. The Hall–Kier alpha value is -3.85. The summed E-state index contributed by atoms with van der Waals surface area (Å²) in [6.45, 7) is 1.02. The van der Waals surface area contributed by atoms with Gasteiger partial charge in [-0.15, -0.1) is 0 Å². The maximum atomic E-state index is 12.7. The van der Waals surface area contributed by atoms with Crippen molar-refractivity contribution in [2.75, 3.05) is 19.6 Å². The average molecular weight is 460 g/mol. The molecule has 3 aromatic rings. The van der Waals surface area contributed by atoms with Crippen molar-refractivity contribution in [3.05, 3.63) is 90.3 Å². The summed E-state index contributed by atoms with van der Waals surface area (Å²) in [5.41, 5.74) is -0.557. The number of hydrogen-bond acceptors (Lipinski definition) is 6. The third-order valence-corrected chi connectivity index (χ3v) is 7.03. The van der Waals surface area contributed by atoms with Gasteiger partial charge >= 0.3 is 12.1 Å². The van der Waals surface area contributed by atoms with Crippen molar-refractivity contribution in [3.8, 4) is 0 Å². The molecule has 34 heavy (non-hydrogen) atoms. The van der Waals surface area contributed by atoms with Crippen LogP contribution in [0, 0.1) is 11.3 Å². The Morgan fingerprint density at radius 1 is 0.882 bits per heavy atom. The van der Waals surface area contributed by atoms with Crippen molar-refractivity contribution in [1.82, 2.24) is 24.8 Å².